The lowest BCUT2D eigenvalue weighted by Gasteiger charge is -2.09. The van der Waals surface area contributed by atoms with Gasteiger partial charge in [-0.2, -0.15) is 0 Å². The molecule has 0 radical (unpaired) electrons. The molecule has 5 nitrogen and oxygen atoms in total. The predicted octanol–water partition coefficient (Wildman–Crippen LogP) is 1.84. The Bertz CT molecular complexity index is 578. The maximum absolute atomic E-state index is 11.8. The minimum atomic E-state index is -0.105. The molecule has 0 atom stereocenters. The highest BCUT2D eigenvalue weighted by molar-refractivity contribution is 5.92. The summed E-state index contributed by atoms with van der Waals surface area (Å²) in [7, 11) is 3.45. The molecule has 1 amide bonds. The van der Waals surface area contributed by atoms with E-state index in [4.69, 9.17) is 9.47 Å². The molecule has 20 heavy (non-hydrogen) atoms. The molecule has 1 N–H and O–H groups in total. The van der Waals surface area contributed by atoms with E-state index in [9.17, 15) is 4.79 Å². The Labute approximate surface area is 118 Å². The quantitative estimate of drug-likeness (QED) is 0.818. The Balaban J connectivity index is 1.76. The summed E-state index contributed by atoms with van der Waals surface area (Å²) in [4.78, 5) is 11.8. The number of nitrogens with one attached hydrogen (secondary N) is 1. The summed E-state index contributed by atoms with van der Waals surface area (Å²) in [6, 6.07) is 11.0. The van der Waals surface area contributed by atoms with Crippen molar-refractivity contribution in [3.8, 4) is 11.5 Å². The Kier molecular flexibility index (Phi) is 4.65. The van der Waals surface area contributed by atoms with Gasteiger partial charge in [0.15, 0.2) is 0 Å². The number of aryl methyl sites for hydroxylation is 1. The SMILES string of the molecule is COc1cccc(OCCNC(=O)c2cccn2C)c1. The van der Waals surface area contributed by atoms with Crippen LogP contribution in [0.3, 0.4) is 0 Å². The Morgan fingerprint density at radius 3 is 2.75 bits per heavy atom. The zero-order valence-corrected chi connectivity index (χ0v) is 11.6. The fourth-order valence-electron chi connectivity index (χ4n) is 1.81. The summed E-state index contributed by atoms with van der Waals surface area (Å²) in [5, 5.41) is 2.81. The van der Waals surface area contributed by atoms with E-state index in [1.807, 2.05) is 37.5 Å². The number of carbonyl (C=O) groups is 1. The number of rotatable bonds is 6. The van der Waals surface area contributed by atoms with E-state index in [0.29, 0.717) is 18.8 Å². The standard InChI is InChI=1S/C15H18N2O3/c1-17-9-4-7-14(17)15(18)16-8-10-20-13-6-3-5-12(11-13)19-2/h3-7,9,11H,8,10H2,1-2H3,(H,16,18). The highest BCUT2D eigenvalue weighted by atomic mass is 16.5. The molecule has 1 aromatic heterocycles. The zero-order chi connectivity index (χ0) is 14.4. The number of amides is 1. The van der Waals surface area contributed by atoms with E-state index in [1.165, 1.54) is 0 Å². The van der Waals surface area contributed by atoms with Gasteiger partial charge >= 0.3 is 0 Å². The van der Waals surface area contributed by atoms with Gasteiger partial charge in [0, 0.05) is 19.3 Å². The zero-order valence-electron chi connectivity index (χ0n) is 11.6. The molecule has 0 aliphatic heterocycles. The van der Waals surface area contributed by atoms with Crippen LogP contribution in [0.1, 0.15) is 10.5 Å². The summed E-state index contributed by atoms with van der Waals surface area (Å²) in [5.74, 6) is 1.36. The number of hydrogen-bond donors (Lipinski definition) is 1. The summed E-state index contributed by atoms with van der Waals surface area (Å²) < 4.78 is 12.4. The third-order valence-electron chi connectivity index (χ3n) is 2.87. The lowest BCUT2D eigenvalue weighted by Crippen LogP contribution is -2.29. The number of benzene rings is 1. The summed E-state index contributed by atoms with van der Waals surface area (Å²) in [6.07, 6.45) is 1.83. The molecule has 0 fully saturated rings. The molecule has 0 aliphatic rings. The second kappa shape index (κ2) is 6.65. The van der Waals surface area contributed by atoms with Crippen molar-refractivity contribution in [1.29, 1.82) is 0 Å². The van der Waals surface area contributed by atoms with Crippen LogP contribution in [0, 0.1) is 0 Å². The van der Waals surface area contributed by atoms with Crippen molar-refractivity contribution in [3.63, 3.8) is 0 Å². The van der Waals surface area contributed by atoms with Crippen LogP contribution in [0.25, 0.3) is 0 Å². The van der Waals surface area contributed by atoms with E-state index in [1.54, 1.807) is 23.8 Å². The number of methoxy groups -OCH3 is 1. The fraction of sp³-hybridized carbons (Fsp3) is 0.267. The van der Waals surface area contributed by atoms with Crippen molar-refractivity contribution < 1.29 is 14.3 Å². The predicted molar refractivity (Wildman–Crippen MR) is 76.2 cm³/mol. The van der Waals surface area contributed by atoms with Crippen molar-refractivity contribution in [2.24, 2.45) is 7.05 Å². The Morgan fingerprint density at radius 1 is 1.25 bits per heavy atom. The molecular formula is C15H18N2O3. The van der Waals surface area contributed by atoms with Crippen molar-refractivity contribution in [2.45, 2.75) is 0 Å². The van der Waals surface area contributed by atoms with Gasteiger partial charge in [-0.25, -0.2) is 0 Å². The van der Waals surface area contributed by atoms with E-state index in [0.717, 1.165) is 11.5 Å². The van der Waals surface area contributed by atoms with Crippen LogP contribution in [0.4, 0.5) is 0 Å². The van der Waals surface area contributed by atoms with Gasteiger partial charge in [-0.1, -0.05) is 6.07 Å². The van der Waals surface area contributed by atoms with Crippen LogP contribution in [0.15, 0.2) is 42.6 Å². The van der Waals surface area contributed by atoms with Gasteiger partial charge in [0.05, 0.1) is 13.7 Å². The van der Waals surface area contributed by atoms with Crippen LogP contribution in [0.5, 0.6) is 11.5 Å². The van der Waals surface area contributed by atoms with Gasteiger partial charge < -0.3 is 19.4 Å². The smallest absolute Gasteiger partial charge is 0.268 e. The number of ether oxygens (including phenoxy) is 2. The molecule has 1 heterocycles. The van der Waals surface area contributed by atoms with Crippen molar-refractivity contribution in [3.05, 3.63) is 48.3 Å². The summed E-state index contributed by atoms with van der Waals surface area (Å²) in [6.45, 7) is 0.852. The summed E-state index contributed by atoms with van der Waals surface area (Å²) >= 11 is 0. The monoisotopic (exact) mass is 274 g/mol. The molecule has 2 aromatic rings. The molecular weight excluding hydrogens is 256 g/mol. The molecule has 1 aromatic carbocycles. The Hall–Kier alpha value is -2.43. The third kappa shape index (κ3) is 3.54. The molecule has 106 valence electrons. The molecule has 0 spiro atoms. The molecule has 5 heteroatoms. The highest BCUT2D eigenvalue weighted by Crippen LogP contribution is 2.18. The lowest BCUT2D eigenvalue weighted by atomic mass is 10.3. The fourth-order valence-corrected chi connectivity index (χ4v) is 1.81. The van der Waals surface area contributed by atoms with Crippen LogP contribution < -0.4 is 14.8 Å². The third-order valence-corrected chi connectivity index (χ3v) is 2.87. The van der Waals surface area contributed by atoms with E-state index < -0.39 is 0 Å². The van der Waals surface area contributed by atoms with Crippen LogP contribution in [0.2, 0.25) is 0 Å². The van der Waals surface area contributed by atoms with E-state index in [-0.39, 0.29) is 5.91 Å². The number of nitrogens with zero attached hydrogens (tertiary/aromatic N) is 1. The van der Waals surface area contributed by atoms with E-state index in [2.05, 4.69) is 5.32 Å². The first-order valence-electron chi connectivity index (χ1n) is 6.37. The minimum Gasteiger partial charge on any atom is -0.497 e. The minimum absolute atomic E-state index is 0.105. The van der Waals surface area contributed by atoms with Crippen molar-refractivity contribution >= 4 is 5.91 Å². The van der Waals surface area contributed by atoms with Gasteiger partial charge in [-0.05, 0) is 24.3 Å². The average molecular weight is 274 g/mol. The molecule has 0 aliphatic carbocycles. The van der Waals surface area contributed by atoms with Gasteiger partial charge in [0.1, 0.15) is 23.8 Å². The van der Waals surface area contributed by atoms with Gasteiger partial charge in [-0.3, -0.25) is 4.79 Å². The average Bonchev–Trinajstić information content (AvgIpc) is 2.90. The maximum atomic E-state index is 11.8. The first-order chi connectivity index (χ1) is 9.70. The number of hydrogen-bond acceptors (Lipinski definition) is 3. The topological polar surface area (TPSA) is 52.5 Å². The van der Waals surface area contributed by atoms with Gasteiger partial charge in [-0.15, -0.1) is 0 Å². The normalized spacial score (nSPS) is 10.1. The highest BCUT2D eigenvalue weighted by Gasteiger charge is 2.07. The van der Waals surface area contributed by atoms with Crippen molar-refractivity contribution in [1.82, 2.24) is 9.88 Å². The first kappa shape index (κ1) is 14.0. The van der Waals surface area contributed by atoms with Crippen LogP contribution in [-0.2, 0) is 7.05 Å². The maximum Gasteiger partial charge on any atom is 0.268 e. The van der Waals surface area contributed by atoms with Crippen molar-refractivity contribution in [2.75, 3.05) is 20.3 Å². The lowest BCUT2D eigenvalue weighted by molar-refractivity contribution is 0.0939. The number of carbonyl (C=O) groups excluding carboxylic acids is 1. The molecule has 0 unspecified atom stereocenters. The van der Waals surface area contributed by atoms with Crippen LogP contribution in [-0.4, -0.2) is 30.7 Å². The van der Waals surface area contributed by atoms with E-state index >= 15 is 0 Å². The molecule has 0 saturated carbocycles. The van der Waals surface area contributed by atoms with Gasteiger partial charge in [0.2, 0.25) is 0 Å². The molecule has 0 bridgehead atoms. The molecule has 2 rings (SSSR count). The largest absolute Gasteiger partial charge is 0.497 e. The summed E-state index contributed by atoms with van der Waals surface area (Å²) in [5.41, 5.74) is 0.631. The number of aromatic nitrogens is 1. The first-order valence-corrected chi connectivity index (χ1v) is 6.37. The van der Waals surface area contributed by atoms with Crippen LogP contribution >= 0.6 is 0 Å². The second-order valence-corrected chi connectivity index (χ2v) is 4.29. The molecule has 0 saturated heterocycles. The Morgan fingerprint density at radius 2 is 2.05 bits per heavy atom. The van der Waals surface area contributed by atoms with Gasteiger partial charge in [0.25, 0.3) is 5.91 Å². The second-order valence-electron chi connectivity index (χ2n) is 4.29.